The molecule has 4 rings (SSSR count). The Morgan fingerprint density at radius 1 is 1.12 bits per heavy atom. The Hall–Kier alpha value is -2.53. The SMILES string of the molecule is O=C1N=C(CN(Cc2ccc(Cl)cc2)C(=O)C2CC2)N=C2C=CC=CC12. The number of benzene rings is 1. The van der Waals surface area contributed by atoms with E-state index < -0.39 is 5.92 Å². The number of allylic oxidation sites excluding steroid dienone is 3. The van der Waals surface area contributed by atoms with Crippen molar-refractivity contribution >= 4 is 35.0 Å². The maximum absolute atomic E-state index is 12.7. The molecule has 1 atom stereocenters. The van der Waals surface area contributed by atoms with Crippen LogP contribution in [0.15, 0.2) is 58.6 Å². The van der Waals surface area contributed by atoms with Gasteiger partial charge in [0.25, 0.3) is 5.91 Å². The standard InChI is InChI=1S/C20H18ClN3O2/c21-15-9-5-13(6-10-15)11-24(20(26)14-7-8-14)12-18-22-17-4-2-1-3-16(17)19(25)23-18/h1-6,9-10,14,16H,7-8,11-12H2. The summed E-state index contributed by atoms with van der Waals surface area (Å²) in [5.41, 5.74) is 1.67. The molecule has 2 aliphatic carbocycles. The van der Waals surface area contributed by atoms with Crippen LogP contribution in [0, 0.1) is 11.8 Å². The summed E-state index contributed by atoms with van der Waals surface area (Å²) >= 11 is 5.94. The molecule has 1 heterocycles. The summed E-state index contributed by atoms with van der Waals surface area (Å²) in [4.78, 5) is 35.3. The largest absolute Gasteiger partial charge is 0.331 e. The quantitative estimate of drug-likeness (QED) is 0.802. The molecule has 5 nitrogen and oxygen atoms in total. The average molecular weight is 368 g/mol. The Kier molecular flexibility index (Phi) is 4.55. The van der Waals surface area contributed by atoms with Gasteiger partial charge in [-0.25, -0.2) is 4.99 Å². The van der Waals surface area contributed by atoms with Crippen LogP contribution in [-0.2, 0) is 16.1 Å². The number of hydrogen-bond donors (Lipinski definition) is 0. The van der Waals surface area contributed by atoms with Crippen LogP contribution in [0.25, 0.3) is 0 Å². The van der Waals surface area contributed by atoms with E-state index in [9.17, 15) is 9.59 Å². The molecule has 0 radical (unpaired) electrons. The second kappa shape index (κ2) is 7.00. The van der Waals surface area contributed by atoms with Crippen molar-refractivity contribution in [2.45, 2.75) is 19.4 Å². The van der Waals surface area contributed by atoms with E-state index in [4.69, 9.17) is 11.6 Å². The second-order valence-electron chi connectivity index (χ2n) is 6.72. The fraction of sp³-hybridized carbons (Fsp3) is 0.300. The van der Waals surface area contributed by atoms with Gasteiger partial charge in [-0.1, -0.05) is 42.0 Å². The molecule has 0 aromatic heterocycles. The van der Waals surface area contributed by atoms with Crippen molar-refractivity contribution < 1.29 is 9.59 Å². The maximum atomic E-state index is 12.7. The lowest BCUT2D eigenvalue weighted by molar-refractivity contribution is -0.132. The Morgan fingerprint density at radius 3 is 2.62 bits per heavy atom. The second-order valence-corrected chi connectivity index (χ2v) is 7.16. The molecule has 1 aromatic carbocycles. The van der Waals surface area contributed by atoms with Gasteiger partial charge in [0.2, 0.25) is 5.91 Å². The molecule has 1 aromatic rings. The number of amidine groups is 1. The van der Waals surface area contributed by atoms with Gasteiger partial charge in [0.05, 0.1) is 12.3 Å². The van der Waals surface area contributed by atoms with Crippen LogP contribution < -0.4 is 0 Å². The predicted octanol–water partition coefficient (Wildman–Crippen LogP) is 3.20. The van der Waals surface area contributed by atoms with Gasteiger partial charge >= 0.3 is 0 Å². The molecule has 2 amide bonds. The van der Waals surface area contributed by atoms with Crippen LogP contribution in [-0.4, -0.2) is 34.8 Å². The average Bonchev–Trinajstić information content (AvgIpc) is 3.48. The molecular formula is C20H18ClN3O2. The zero-order valence-electron chi connectivity index (χ0n) is 14.1. The van der Waals surface area contributed by atoms with Crippen molar-refractivity contribution in [2.24, 2.45) is 21.8 Å². The maximum Gasteiger partial charge on any atom is 0.260 e. The summed E-state index contributed by atoms with van der Waals surface area (Å²) in [6.07, 6.45) is 9.14. The highest BCUT2D eigenvalue weighted by Gasteiger charge is 2.35. The number of carbonyl (C=O) groups is 2. The smallest absolute Gasteiger partial charge is 0.260 e. The van der Waals surface area contributed by atoms with Crippen LogP contribution in [0.2, 0.25) is 5.02 Å². The lowest BCUT2D eigenvalue weighted by Crippen LogP contribution is -2.38. The van der Waals surface area contributed by atoms with E-state index in [-0.39, 0.29) is 24.3 Å². The van der Waals surface area contributed by atoms with Crippen LogP contribution in [0.3, 0.4) is 0 Å². The van der Waals surface area contributed by atoms with Crippen molar-refractivity contribution in [1.82, 2.24) is 4.90 Å². The van der Waals surface area contributed by atoms with Gasteiger partial charge in [-0.2, -0.15) is 4.99 Å². The molecule has 1 saturated carbocycles. The highest BCUT2D eigenvalue weighted by molar-refractivity contribution is 6.30. The fourth-order valence-electron chi connectivity index (χ4n) is 3.07. The number of nitrogens with zero attached hydrogens (tertiary/aromatic N) is 3. The van der Waals surface area contributed by atoms with Gasteiger partial charge in [0.1, 0.15) is 5.92 Å². The minimum absolute atomic E-state index is 0.0834. The van der Waals surface area contributed by atoms with Crippen LogP contribution in [0.5, 0.6) is 0 Å². The highest BCUT2D eigenvalue weighted by Crippen LogP contribution is 2.31. The van der Waals surface area contributed by atoms with Crippen molar-refractivity contribution in [3.05, 3.63) is 59.2 Å². The number of fused-ring (bicyclic) bond motifs is 1. The molecule has 0 saturated heterocycles. The zero-order chi connectivity index (χ0) is 18.1. The summed E-state index contributed by atoms with van der Waals surface area (Å²) in [5.74, 6) is -0.0516. The van der Waals surface area contributed by atoms with Crippen LogP contribution >= 0.6 is 11.6 Å². The number of halogens is 1. The van der Waals surface area contributed by atoms with Gasteiger partial charge < -0.3 is 4.90 Å². The summed E-state index contributed by atoms with van der Waals surface area (Å²) in [6, 6.07) is 7.42. The van der Waals surface area contributed by atoms with E-state index >= 15 is 0 Å². The van der Waals surface area contributed by atoms with E-state index in [1.54, 1.807) is 11.0 Å². The number of aliphatic imine (C=N–C) groups is 2. The topological polar surface area (TPSA) is 62.1 Å². The van der Waals surface area contributed by atoms with Gasteiger partial charge in [0.15, 0.2) is 5.84 Å². The third-order valence-corrected chi connectivity index (χ3v) is 4.87. The molecule has 1 fully saturated rings. The van der Waals surface area contributed by atoms with E-state index in [0.717, 1.165) is 18.4 Å². The molecule has 132 valence electrons. The van der Waals surface area contributed by atoms with Crippen molar-refractivity contribution in [3.8, 4) is 0 Å². The van der Waals surface area contributed by atoms with Crippen LogP contribution in [0.4, 0.5) is 0 Å². The molecule has 0 spiro atoms. The van der Waals surface area contributed by atoms with Gasteiger partial charge in [-0.05, 0) is 36.6 Å². The van der Waals surface area contributed by atoms with E-state index in [1.807, 2.05) is 42.5 Å². The predicted molar refractivity (Wildman–Crippen MR) is 101 cm³/mol. The Balaban J connectivity index is 1.55. The molecule has 1 aliphatic heterocycles. The van der Waals surface area contributed by atoms with E-state index in [0.29, 0.717) is 23.1 Å². The molecule has 3 aliphatic rings. The first-order valence-corrected chi connectivity index (χ1v) is 9.06. The molecule has 0 N–H and O–H groups in total. The molecule has 1 unspecified atom stereocenters. The Labute approximate surface area is 156 Å². The monoisotopic (exact) mass is 367 g/mol. The van der Waals surface area contributed by atoms with E-state index in [1.165, 1.54) is 0 Å². The molecule has 26 heavy (non-hydrogen) atoms. The normalized spacial score (nSPS) is 21.1. The van der Waals surface area contributed by atoms with Gasteiger partial charge in [0, 0.05) is 17.5 Å². The van der Waals surface area contributed by atoms with Crippen molar-refractivity contribution in [2.75, 3.05) is 6.54 Å². The van der Waals surface area contributed by atoms with Crippen molar-refractivity contribution in [1.29, 1.82) is 0 Å². The molecule has 6 heteroatoms. The first-order chi connectivity index (χ1) is 12.6. The summed E-state index contributed by atoms with van der Waals surface area (Å²) in [7, 11) is 0. The van der Waals surface area contributed by atoms with Crippen molar-refractivity contribution in [3.63, 3.8) is 0 Å². The summed E-state index contributed by atoms with van der Waals surface area (Å²) in [5, 5.41) is 0.658. The van der Waals surface area contributed by atoms with Crippen LogP contribution in [0.1, 0.15) is 18.4 Å². The highest BCUT2D eigenvalue weighted by atomic mass is 35.5. The molecule has 0 bridgehead atoms. The number of carbonyl (C=O) groups excluding carboxylic acids is 2. The Bertz CT molecular complexity index is 864. The fourth-order valence-corrected chi connectivity index (χ4v) is 3.20. The number of amides is 2. The lowest BCUT2D eigenvalue weighted by Gasteiger charge is -2.25. The lowest BCUT2D eigenvalue weighted by atomic mass is 9.96. The number of rotatable bonds is 5. The van der Waals surface area contributed by atoms with Gasteiger partial charge in [-0.3, -0.25) is 9.59 Å². The third kappa shape index (κ3) is 3.68. The summed E-state index contributed by atoms with van der Waals surface area (Å²) < 4.78 is 0. The first-order valence-electron chi connectivity index (χ1n) is 8.68. The zero-order valence-corrected chi connectivity index (χ0v) is 14.9. The minimum atomic E-state index is -0.396. The number of hydrogen-bond acceptors (Lipinski definition) is 3. The van der Waals surface area contributed by atoms with Gasteiger partial charge in [-0.15, -0.1) is 0 Å². The third-order valence-electron chi connectivity index (χ3n) is 4.62. The Morgan fingerprint density at radius 2 is 1.88 bits per heavy atom. The molecular weight excluding hydrogens is 350 g/mol. The summed E-state index contributed by atoms with van der Waals surface area (Å²) in [6.45, 7) is 0.682. The van der Waals surface area contributed by atoms with E-state index in [2.05, 4.69) is 9.98 Å². The minimum Gasteiger partial charge on any atom is -0.331 e. The first kappa shape index (κ1) is 16.9.